The Bertz CT molecular complexity index is 811. The summed E-state index contributed by atoms with van der Waals surface area (Å²) in [4.78, 5) is 16.1. The third kappa shape index (κ3) is 4.19. The molecular formula is C20H30N4O2S. The van der Waals surface area contributed by atoms with Crippen molar-refractivity contribution >= 4 is 22.2 Å². The van der Waals surface area contributed by atoms with Gasteiger partial charge in [0.15, 0.2) is 0 Å². The number of rotatable bonds is 6. The van der Waals surface area contributed by atoms with Gasteiger partial charge in [-0.3, -0.25) is 9.48 Å². The highest BCUT2D eigenvalue weighted by atomic mass is 32.1. The van der Waals surface area contributed by atoms with Crippen molar-refractivity contribution in [3.63, 3.8) is 0 Å². The molecule has 0 spiro atoms. The Balaban J connectivity index is 1.77. The molecule has 0 fully saturated rings. The number of methoxy groups -OCH3 is 1. The first-order chi connectivity index (χ1) is 12.9. The van der Waals surface area contributed by atoms with E-state index in [-0.39, 0.29) is 11.9 Å². The average Bonchev–Trinajstić information content (AvgIpc) is 3.09. The number of fused-ring (bicyclic) bond motifs is 1. The number of carbonyl (C=O) groups excluding carboxylic acids is 1. The van der Waals surface area contributed by atoms with Gasteiger partial charge in [0.25, 0.3) is 5.91 Å². The van der Waals surface area contributed by atoms with Gasteiger partial charge < -0.3 is 15.0 Å². The highest BCUT2D eigenvalue weighted by Gasteiger charge is 2.23. The zero-order valence-corrected chi connectivity index (χ0v) is 17.8. The number of carbonyl (C=O) groups is 1. The lowest BCUT2D eigenvalue weighted by atomic mass is 10.1. The van der Waals surface area contributed by atoms with E-state index in [2.05, 4.69) is 21.4 Å². The average molecular weight is 391 g/mol. The van der Waals surface area contributed by atoms with Gasteiger partial charge in [-0.2, -0.15) is 5.10 Å². The molecule has 1 amide bonds. The van der Waals surface area contributed by atoms with Crippen molar-refractivity contribution < 1.29 is 9.53 Å². The van der Waals surface area contributed by atoms with Crippen LogP contribution in [-0.4, -0.2) is 42.5 Å². The van der Waals surface area contributed by atoms with Crippen LogP contribution in [0.4, 0.5) is 5.00 Å². The summed E-state index contributed by atoms with van der Waals surface area (Å²) >= 11 is 1.60. The fourth-order valence-electron chi connectivity index (χ4n) is 3.87. The number of anilines is 1. The summed E-state index contributed by atoms with van der Waals surface area (Å²) in [5, 5.41) is 8.86. The normalized spacial score (nSPS) is 15.4. The van der Waals surface area contributed by atoms with Crippen molar-refractivity contribution in [2.24, 2.45) is 7.05 Å². The maximum absolute atomic E-state index is 12.9. The SMILES string of the molecule is COCCN1CCCCc2cc(C(=O)NC(C)c3c(C)nn(C)c3C)sc21. The number of nitrogens with one attached hydrogen (secondary N) is 1. The second kappa shape index (κ2) is 8.44. The number of hydrogen-bond donors (Lipinski definition) is 1. The second-order valence-corrected chi connectivity index (χ2v) is 8.31. The van der Waals surface area contributed by atoms with Gasteiger partial charge in [0.2, 0.25) is 0 Å². The van der Waals surface area contributed by atoms with Crippen molar-refractivity contribution in [2.75, 3.05) is 31.7 Å². The molecule has 0 aromatic carbocycles. The molecule has 1 unspecified atom stereocenters. The molecule has 27 heavy (non-hydrogen) atoms. The molecular weight excluding hydrogens is 360 g/mol. The van der Waals surface area contributed by atoms with Gasteiger partial charge in [-0.25, -0.2) is 0 Å². The van der Waals surface area contributed by atoms with Crippen molar-refractivity contribution in [3.05, 3.63) is 33.5 Å². The number of thiophene rings is 1. The molecule has 0 bridgehead atoms. The van der Waals surface area contributed by atoms with Gasteiger partial charge in [0.05, 0.1) is 28.2 Å². The lowest BCUT2D eigenvalue weighted by Gasteiger charge is -2.22. The molecule has 7 heteroatoms. The summed E-state index contributed by atoms with van der Waals surface area (Å²) in [6.07, 6.45) is 3.39. The quantitative estimate of drug-likeness (QED) is 0.821. The molecule has 1 aliphatic rings. The highest BCUT2D eigenvalue weighted by Crippen LogP contribution is 2.35. The zero-order chi connectivity index (χ0) is 19.6. The predicted molar refractivity (Wildman–Crippen MR) is 110 cm³/mol. The van der Waals surface area contributed by atoms with Crippen LogP contribution < -0.4 is 10.2 Å². The maximum atomic E-state index is 12.9. The van der Waals surface area contributed by atoms with Crippen LogP contribution in [0.3, 0.4) is 0 Å². The minimum atomic E-state index is -0.0716. The Morgan fingerprint density at radius 1 is 1.41 bits per heavy atom. The van der Waals surface area contributed by atoms with Gasteiger partial charge in [-0.15, -0.1) is 11.3 Å². The molecule has 0 saturated heterocycles. The molecule has 148 valence electrons. The summed E-state index contributed by atoms with van der Waals surface area (Å²) in [5.74, 6) is -0.00471. The van der Waals surface area contributed by atoms with Gasteiger partial charge in [0.1, 0.15) is 0 Å². The van der Waals surface area contributed by atoms with Crippen LogP contribution in [0.15, 0.2) is 6.07 Å². The summed E-state index contributed by atoms with van der Waals surface area (Å²) in [6, 6.07) is 2.01. The van der Waals surface area contributed by atoms with Crippen molar-refractivity contribution in [2.45, 2.75) is 46.1 Å². The van der Waals surface area contributed by atoms with Gasteiger partial charge in [-0.05, 0) is 51.7 Å². The molecule has 0 radical (unpaired) electrons. The number of aryl methyl sites for hydroxylation is 3. The van der Waals surface area contributed by atoms with Gasteiger partial charge in [-0.1, -0.05) is 0 Å². The molecule has 3 heterocycles. The minimum Gasteiger partial charge on any atom is -0.383 e. The number of nitrogens with zero attached hydrogens (tertiary/aromatic N) is 3. The predicted octanol–water partition coefficient (Wildman–Crippen LogP) is 3.38. The Labute approximate surface area is 165 Å². The molecule has 2 aromatic heterocycles. The Morgan fingerprint density at radius 3 is 2.85 bits per heavy atom. The van der Waals surface area contributed by atoms with Crippen LogP contribution in [0.2, 0.25) is 0 Å². The number of ether oxygens (including phenoxy) is 1. The summed E-state index contributed by atoms with van der Waals surface area (Å²) < 4.78 is 7.13. The number of hydrogen-bond acceptors (Lipinski definition) is 5. The molecule has 0 saturated carbocycles. The third-order valence-corrected chi connectivity index (χ3v) is 6.57. The smallest absolute Gasteiger partial charge is 0.261 e. The molecule has 1 N–H and O–H groups in total. The molecule has 6 nitrogen and oxygen atoms in total. The van der Waals surface area contributed by atoms with E-state index in [1.54, 1.807) is 18.4 Å². The second-order valence-electron chi connectivity index (χ2n) is 7.28. The first kappa shape index (κ1) is 19.9. The van der Waals surface area contributed by atoms with Gasteiger partial charge in [0, 0.05) is 38.5 Å². The van der Waals surface area contributed by atoms with Crippen LogP contribution in [0.1, 0.15) is 58.0 Å². The van der Waals surface area contributed by atoms with E-state index in [0.717, 1.165) is 41.3 Å². The molecule has 2 aromatic rings. The monoisotopic (exact) mass is 390 g/mol. The van der Waals surface area contributed by atoms with Crippen molar-refractivity contribution in [1.82, 2.24) is 15.1 Å². The van der Waals surface area contributed by atoms with E-state index in [1.165, 1.54) is 23.4 Å². The fourth-order valence-corrected chi connectivity index (χ4v) is 5.03. The van der Waals surface area contributed by atoms with E-state index >= 15 is 0 Å². The van der Waals surface area contributed by atoms with Crippen LogP contribution in [0.25, 0.3) is 0 Å². The van der Waals surface area contributed by atoms with Crippen molar-refractivity contribution in [1.29, 1.82) is 0 Å². The topological polar surface area (TPSA) is 59.4 Å². The first-order valence-electron chi connectivity index (χ1n) is 9.60. The van der Waals surface area contributed by atoms with Gasteiger partial charge >= 0.3 is 0 Å². The van der Waals surface area contributed by atoms with E-state index in [4.69, 9.17) is 4.74 Å². The van der Waals surface area contributed by atoms with E-state index in [1.807, 2.05) is 32.5 Å². The summed E-state index contributed by atoms with van der Waals surface area (Å²) in [7, 11) is 3.67. The van der Waals surface area contributed by atoms with Crippen molar-refractivity contribution in [3.8, 4) is 0 Å². The fraction of sp³-hybridized carbons (Fsp3) is 0.600. The summed E-state index contributed by atoms with van der Waals surface area (Å²) in [5.41, 5.74) is 4.45. The Hall–Kier alpha value is -1.86. The van der Waals surface area contributed by atoms with Crippen LogP contribution in [0, 0.1) is 13.8 Å². The lowest BCUT2D eigenvalue weighted by molar-refractivity contribution is 0.0944. The highest BCUT2D eigenvalue weighted by molar-refractivity contribution is 7.18. The number of aromatic nitrogens is 2. The Kier molecular flexibility index (Phi) is 6.22. The lowest BCUT2D eigenvalue weighted by Crippen LogP contribution is -2.27. The minimum absolute atomic E-state index is 0.00471. The largest absolute Gasteiger partial charge is 0.383 e. The molecule has 1 atom stereocenters. The van der Waals surface area contributed by atoms with Crippen LogP contribution in [0.5, 0.6) is 0 Å². The van der Waals surface area contributed by atoms with Crippen LogP contribution in [-0.2, 0) is 18.2 Å². The maximum Gasteiger partial charge on any atom is 0.261 e. The molecule has 0 aliphatic carbocycles. The number of amides is 1. The third-order valence-electron chi connectivity index (χ3n) is 5.33. The van der Waals surface area contributed by atoms with E-state index in [9.17, 15) is 4.79 Å². The Morgan fingerprint density at radius 2 is 2.19 bits per heavy atom. The van der Waals surface area contributed by atoms with E-state index < -0.39 is 0 Å². The first-order valence-corrected chi connectivity index (χ1v) is 10.4. The van der Waals surface area contributed by atoms with E-state index in [0.29, 0.717) is 6.61 Å². The standard InChI is InChI=1S/C20H30N4O2S/c1-13(18-14(2)22-23(4)15(18)3)21-19(25)17-12-16-8-6-7-9-24(10-11-26-5)20(16)27-17/h12-13H,6-11H2,1-5H3,(H,21,25). The molecule has 1 aliphatic heterocycles. The summed E-state index contributed by atoms with van der Waals surface area (Å²) in [6.45, 7) is 8.66. The molecule has 3 rings (SSSR count). The zero-order valence-electron chi connectivity index (χ0n) is 17.0. The van der Waals surface area contributed by atoms with Crippen LogP contribution >= 0.6 is 11.3 Å².